The van der Waals surface area contributed by atoms with Crippen LogP contribution in [0.15, 0.2) is 30.3 Å². The first-order valence-corrected chi connectivity index (χ1v) is 11.3. The van der Waals surface area contributed by atoms with Crippen molar-refractivity contribution in [3.63, 3.8) is 0 Å². The third-order valence-electron chi connectivity index (χ3n) is 6.10. The number of benzene rings is 1. The molecule has 2 fully saturated rings. The average Bonchev–Trinajstić information content (AvgIpc) is 2.79. The molecule has 1 aromatic carbocycles. The van der Waals surface area contributed by atoms with E-state index in [0.717, 1.165) is 37.5 Å². The standard InChI is InChI=1S/C23H36N4O3/c1-19-8-12-26(13-9-19)11-5-10-24-23(29)25-18-21(20-6-3-2-4-7-20)22(28)27-14-16-30-17-15-27/h2-4,6-7,19,21H,5,8-18H2,1H3,(H2,24,25,29). The molecular weight excluding hydrogens is 380 g/mol. The SMILES string of the molecule is CC1CCN(CCCNC(=O)NCC(C(=O)N2CCOCC2)c2ccccc2)CC1. The molecular formula is C23H36N4O3. The van der Waals surface area contributed by atoms with Crippen LogP contribution in [-0.2, 0) is 9.53 Å². The molecule has 0 aromatic heterocycles. The van der Waals surface area contributed by atoms with Gasteiger partial charge in [-0.25, -0.2) is 4.79 Å². The minimum atomic E-state index is -0.384. The first-order chi connectivity index (χ1) is 14.6. The van der Waals surface area contributed by atoms with Gasteiger partial charge in [-0.3, -0.25) is 4.79 Å². The Bertz CT molecular complexity index is 656. The monoisotopic (exact) mass is 416 g/mol. The Labute approximate surface area is 180 Å². The lowest BCUT2D eigenvalue weighted by atomic mass is 9.97. The molecule has 0 spiro atoms. The van der Waals surface area contributed by atoms with Gasteiger partial charge in [0.25, 0.3) is 0 Å². The Morgan fingerprint density at radius 3 is 2.47 bits per heavy atom. The van der Waals surface area contributed by atoms with Gasteiger partial charge in [0.1, 0.15) is 0 Å². The van der Waals surface area contributed by atoms with E-state index in [0.29, 0.717) is 32.8 Å². The number of carbonyl (C=O) groups is 2. The number of nitrogens with zero attached hydrogens (tertiary/aromatic N) is 2. The highest BCUT2D eigenvalue weighted by Gasteiger charge is 2.27. The maximum Gasteiger partial charge on any atom is 0.314 e. The average molecular weight is 417 g/mol. The molecule has 3 amide bonds. The predicted molar refractivity (Wildman–Crippen MR) is 117 cm³/mol. The first-order valence-electron chi connectivity index (χ1n) is 11.3. The van der Waals surface area contributed by atoms with Gasteiger partial charge in [0, 0.05) is 26.2 Å². The van der Waals surface area contributed by atoms with Crippen LogP contribution in [0.5, 0.6) is 0 Å². The number of ether oxygens (including phenoxy) is 1. The predicted octanol–water partition coefficient (Wildman–Crippen LogP) is 2.05. The van der Waals surface area contributed by atoms with Crippen LogP contribution in [-0.4, -0.2) is 80.8 Å². The van der Waals surface area contributed by atoms with Crippen molar-refractivity contribution in [2.24, 2.45) is 5.92 Å². The topological polar surface area (TPSA) is 73.9 Å². The van der Waals surface area contributed by atoms with Crippen molar-refractivity contribution < 1.29 is 14.3 Å². The molecule has 0 radical (unpaired) electrons. The molecule has 2 N–H and O–H groups in total. The van der Waals surface area contributed by atoms with Crippen molar-refractivity contribution in [3.8, 4) is 0 Å². The fourth-order valence-corrected chi connectivity index (χ4v) is 4.08. The van der Waals surface area contributed by atoms with Gasteiger partial charge in [0.2, 0.25) is 5.91 Å². The smallest absolute Gasteiger partial charge is 0.314 e. The summed E-state index contributed by atoms with van der Waals surface area (Å²) in [5, 5.41) is 5.84. The fourth-order valence-electron chi connectivity index (χ4n) is 4.08. The maximum atomic E-state index is 13.1. The third kappa shape index (κ3) is 6.99. The van der Waals surface area contributed by atoms with E-state index in [1.807, 2.05) is 35.2 Å². The summed E-state index contributed by atoms with van der Waals surface area (Å²) in [6, 6.07) is 9.47. The second-order valence-electron chi connectivity index (χ2n) is 8.42. The minimum absolute atomic E-state index is 0.0455. The van der Waals surface area contributed by atoms with Crippen LogP contribution in [0.2, 0.25) is 0 Å². The summed E-state index contributed by atoms with van der Waals surface area (Å²) < 4.78 is 5.36. The Kier molecular flexibility index (Phi) is 8.96. The van der Waals surface area contributed by atoms with E-state index in [1.54, 1.807) is 0 Å². The van der Waals surface area contributed by atoms with Gasteiger partial charge in [-0.2, -0.15) is 0 Å². The summed E-state index contributed by atoms with van der Waals surface area (Å²) in [4.78, 5) is 29.7. The van der Waals surface area contributed by atoms with Crippen molar-refractivity contribution in [2.75, 3.05) is 59.0 Å². The van der Waals surface area contributed by atoms with E-state index >= 15 is 0 Å². The van der Waals surface area contributed by atoms with Gasteiger partial charge < -0.3 is 25.2 Å². The summed E-state index contributed by atoms with van der Waals surface area (Å²) >= 11 is 0. The molecule has 3 rings (SSSR count). The lowest BCUT2D eigenvalue weighted by Crippen LogP contribution is -2.47. The van der Waals surface area contributed by atoms with Gasteiger partial charge in [0.05, 0.1) is 19.1 Å². The largest absolute Gasteiger partial charge is 0.378 e. The molecule has 2 aliphatic heterocycles. The van der Waals surface area contributed by atoms with Crippen LogP contribution in [0.3, 0.4) is 0 Å². The van der Waals surface area contributed by atoms with Crippen LogP contribution < -0.4 is 10.6 Å². The van der Waals surface area contributed by atoms with E-state index in [1.165, 1.54) is 12.8 Å². The normalized spacial score (nSPS) is 19.3. The fraction of sp³-hybridized carbons (Fsp3) is 0.652. The molecule has 2 heterocycles. The number of piperidine rings is 1. The number of hydrogen-bond donors (Lipinski definition) is 2. The molecule has 166 valence electrons. The summed E-state index contributed by atoms with van der Waals surface area (Å²) in [6.07, 6.45) is 3.48. The van der Waals surface area contributed by atoms with Gasteiger partial charge in [-0.15, -0.1) is 0 Å². The quantitative estimate of drug-likeness (QED) is 0.636. The second-order valence-corrected chi connectivity index (χ2v) is 8.42. The van der Waals surface area contributed by atoms with Crippen LogP contribution in [0.25, 0.3) is 0 Å². The molecule has 0 bridgehead atoms. The zero-order valence-corrected chi connectivity index (χ0v) is 18.1. The van der Waals surface area contributed by atoms with Gasteiger partial charge >= 0.3 is 6.03 Å². The highest BCUT2D eigenvalue weighted by Crippen LogP contribution is 2.19. The Morgan fingerprint density at radius 2 is 1.77 bits per heavy atom. The number of rotatable bonds is 8. The lowest BCUT2D eigenvalue weighted by molar-refractivity contribution is -0.136. The van der Waals surface area contributed by atoms with Crippen molar-refractivity contribution in [3.05, 3.63) is 35.9 Å². The molecule has 1 unspecified atom stereocenters. The molecule has 30 heavy (non-hydrogen) atoms. The Hall–Kier alpha value is -2.12. The second kappa shape index (κ2) is 11.9. The van der Waals surface area contributed by atoms with Crippen LogP contribution in [0.1, 0.15) is 37.7 Å². The summed E-state index contributed by atoms with van der Waals surface area (Å²) in [6.45, 7) is 8.93. The minimum Gasteiger partial charge on any atom is -0.378 e. The number of nitrogens with one attached hydrogen (secondary N) is 2. The third-order valence-corrected chi connectivity index (χ3v) is 6.10. The molecule has 0 aliphatic carbocycles. The van der Waals surface area contributed by atoms with E-state index in [2.05, 4.69) is 22.5 Å². The molecule has 2 saturated heterocycles. The molecule has 0 saturated carbocycles. The van der Waals surface area contributed by atoms with Crippen LogP contribution in [0.4, 0.5) is 4.79 Å². The van der Waals surface area contributed by atoms with Crippen LogP contribution in [0, 0.1) is 5.92 Å². The van der Waals surface area contributed by atoms with E-state index in [9.17, 15) is 9.59 Å². The molecule has 7 nitrogen and oxygen atoms in total. The van der Waals surface area contributed by atoms with Crippen molar-refractivity contribution >= 4 is 11.9 Å². The number of amides is 3. The van der Waals surface area contributed by atoms with Crippen LogP contribution >= 0.6 is 0 Å². The van der Waals surface area contributed by atoms with E-state index in [-0.39, 0.29) is 24.4 Å². The number of likely N-dealkylation sites (tertiary alicyclic amines) is 1. The van der Waals surface area contributed by atoms with Gasteiger partial charge in [-0.1, -0.05) is 37.3 Å². The van der Waals surface area contributed by atoms with Gasteiger partial charge in [0.15, 0.2) is 0 Å². The number of morpholine rings is 1. The van der Waals surface area contributed by atoms with E-state index < -0.39 is 0 Å². The molecule has 1 atom stereocenters. The Morgan fingerprint density at radius 1 is 1.07 bits per heavy atom. The zero-order valence-electron chi connectivity index (χ0n) is 18.1. The summed E-state index contributed by atoms with van der Waals surface area (Å²) in [5.74, 6) is 0.498. The van der Waals surface area contributed by atoms with Gasteiger partial charge in [-0.05, 0) is 50.4 Å². The van der Waals surface area contributed by atoms with Crippen molar-refractivity contribution in [1.29, 1.82) is 0 Å². The van der Waals surface area contributed by atoms with Crippen molar-refractivity contribution in [2.45, 2.75) is 32.1 Å². The number of hydrogen-bond acceptors (Lipinski definition) is 4. The van der Waals surface area contributed by atoms with E-state index in [4.69, 9.17) is 4.74 Å². The molecule has 7 heteroatoms. The highest BCUT2D eigenvalue weighted by molar-refractivity contribution is 5.85. The summed E-state index contributed by atoms with van der Waals surface area (Å²) in [7, 11) is 0. The molecule has 1 aromatic rings. The number of urea groups is 1. The maximum absolute atomic E-state index is 13.1. The highest BCUT2D eigenvalue weighted by atomic mass is 16.5. The lowest BCUT2D eigenvalue weighted by Gasteiger charge is -2.31. The molecule has 2 aliphatic rings. The first kappa shape index (κ1) is 22.6. The number of carbonyl (C=O) groups excluding carboxylic acids is 2. The Balaban J connectivity index is 1.42. The zero-order chi connectivity index (χ0) is 21.2. The summed E-state index contributed by atoms with van der Waals surface area (Å²) in [5.41, 5.74) is 0.925. The van der Waals surface area contributed by atoms with Crippen molar-refractivity contribution in [1.82, 2.24) is 20.4 Å².